The summed E-state index contributed by atoms with van der Waals surface area (Å²) in [6.07, 6.45) is 0.355. The molecule has 0 radical (unpaired) electrons. The van der Waals surface area contributed by atoms with Crippen LogP contribution in [0.25, 0.3) is 0 Å². The molecular formula is C9H9ClFNO. The topological polar surface area (TPSA) is 29.1 Å². The first kappa shape index (κ1) is 9.99. The van der Waals surface area contributed by atoms with Crippen LogP contribution in [0.1, 0.15) is 13.3 Å². The Kier molecular flexibility index (Phi) is 3.25. The van der Waals surface area contributed by atoms with Crippen molar-refractivity contribution < 1.29 is 9.18 Å². The van der Waals surface area contributed by atoms with Crippen molar-refractivity contribution in [2.75, 3.05) is 5.32 Å². The molecule has 0 heterocycles. The van der Waals surface area contributed by atoms with Crippen LogP contribution in [0.15, 0.2) is 18.2 Å². The van der Waals surface area contributed by atoms with Gasteiger partial charge in [0.05, 0.1) is 0 Å². The zero-order valence-corrected chi connectivity index (χ0v) is 7.86. The van der Waals surface area contributed by atoms with Gasteiger partial charge in [0, 0.05) is 17.1 Å². The van der Waals surface area contributed by atoms with Crippen LogP contribution in [0.5, 0.6) is 0 Å². The Morgan fingerprint density at radius 1 is 1.54 bits per heavy atom. The third-order valence-electron chi connectivity index (χ3n) is 1.47. The van der Waals surface area contributed by atoms with Gasteiger partial charge in [0.25, 0.3) is 0 Å². The van der Waals surface area contributed by atoms with Crippen molar-refractivity contribution >= 4 is 23.2 Å². The molecule has 0 atom stereocenters. The Labute approximate surface area is 80.7 Å². The van der Waals surface area contributed by atoms with Crippen molar-refractivity contribution in [2.45, 2.75) is 13.3 Å². The average molecular weight is 202 g/mol. The largest absolute Gasteiger partial charge is 0.326 e. The molecule has 0 saturated heterocycles. The minimum Gasteiger partial charge on any atom is -0.326 e. The van der Waals surface area contributed by atoms with Gasteiger partial charge in [-0.3, -0.25) is 4.79 Å². The van der Waals surface area contributed by atoms with E-state index in [1.807, 2.05) is 0 Å². The van der Waals surface area contributed by atoms with E-state index in [1.54, 1.807) is 6.92 Å². The summed E-state index contributed by atoms with van der Waals surface area (Å²) in [5, 5.41) is 2.78. The maximum absolute atomic E-state index is 12.7. The van der Waals surface area contributed by atoms with Crippen LogP contribution in [-0.2, 0) is 4.79 Å². The second kappa shape index (κ2) is 4.23. The fraction of sp³-hybridized carbons (Fsp3) is 0.222. The Bertz CT molecular complexity index is 307. The maximum atomic E-state index is 12.7. The summed E-state index contributed by atoms with van der Waals surface area (Å²) in [4.78, 5) is 10.9. The van der Waals surface area contributed by atoms with E-state index in [0.717, 1.165) is 0 Å². The lowest BCUT2D eigenvalue weighted by molar-refractivity contribution is -0.115. The van der Waals surface area contributed by atoms with Gasteiger partial charge in [0.15, 0.2) is 0 Å². The van der Waals surface area contributed by atoms with Crippen molar-refractivity contribution in [3.05, 3.63) is 29.0 Å². The van der Waals surface area contributed by atoms with E-state index < -0.39 is 5.82 Å². The Balaban J connectivity index is 2.83. The van der Waals surface area contributed by atoms with Crippen LogP contribution in [0, 0.1) is 5.82 Å². The summed E-state index contributed by atoms with van der Waals surface area (Å²) in [5.41, 5.74) is 0.386. The minimum absolute atomic E-state index is 0.165. The number of halogens is 2. The predicted octanol–water partition coefficient (Wildman–Crippen LogP) is 2.83. The van der Waals surface area contributed by atoms with Crippen LogP contribution in [-0.4, -0.2) is 5.91 Å². The average Bonchev–Trinajstić information content (AvgIpc) is 2.02. The van der Waals surface area contributed by atoms with E-state index in [1.165, 1.54) is 18.2 Å². The first-order valence-corrected chi connectivity index (χ1v) is 4.25. The van der Waals surface area contributed by atoms with E-state index in [9.17, 15) is 9.18 Å². The Hall–Kier alpha value is -1.09. The second-order valence-electron chi connectivity index (χ2n) is 2.56. The maximum Gasteiger partial charge on any atom is 0.224 e. The first-order valence-electron chi connectivity index (χ1n) is 3.87. The summed E-state index contributed by atoms with van der Waals surface area (Å²) < 4.78 is 12.7. The highest BCUT2D eigenvalue weighted by atomic mass is 35.5. The molecule has 0 unspecified atom stereocenters. The molecule has 0 aliphatic heterocycles. The molecular weight excluding hydrogens is 193 g/mol. The fourth-order valence-corrected chi connectivity index (χ4v) is 1.10. The number of carbonyl (C=O) groups is 1. The van der Waals surface area contributed by atoms with Crippen molar-refractivity contribution in [1.82, 2.24) is 0 Å². The predicted molar refractivity (Wildman–Crippen MR) is 50.3 cm³/mol. The van der Waals surface area contributed by atoms with Crippen LogP contribution in [0.4, 0.5) is 10.1 Å². The molecule has 2 nitrogen and oxygen atoms in total. The van der Waals surface area contributed by atoms with Crippen molar-refractivity contribution in [1.29, 1.82) is 0 Å². The third-order valence-corrected chi connectivity index (χ3v) is 1.69. The van der Waals surface area contributed by atoms with Crippen molar-refractivity contribution in [2.24, 2.45) is 0 Å². The van der Waals surface area contributed by atoms with E-state index in [2.05, 4.69) is 5.32 Å². The van der Waals surface area contributed by atoms with Gasteiger partial charge < -0.3 is 5.32 Å². The lowest BCUT2D eigenvalue weighted by atomic mass is 10.3. The molecule has 1 rings (SSSR count). The molecule has 0 saturated carbocycles. The molecule has 1 aromatic rings. The molecule has 0 aromatic heterocycles. The minimum atomic E-state index is -0.459. The highest BCUT2D eigenvalue weighted by Gasteiger charge is 2.01. The summed E-state index contributed by atoms with van der Waals surface area (Å²) in [6, 6.07) is 3.90. The van der Waals surface area contributed by atoms with Crippen molar-refractivity contribution in [3.63, 3.8) is 0 Å². The lowest BCUT2D eigenvalue weighted by Gasteiger charge is -2.03. The molecule has 4 heteroatoms. The number of amides is 1. The van der Waals surface area contributed by atoms with Gasteiger partial charge in [-0.1, -0.05) is 18.5 Å². The van der Waals surface area contributed by atoms with Crippen LogP contribution >= 0.6 is 11.6 Å². The summed E-state index contributed by atoms with van der Waals surface area (Å²) in [6.45, 7) is 1.72. The number of benzene rings is 1. The SMILES string of the molecule is CCC(=O)Nc1cc(F)cc(Cl)c1. The molecule has 0 spiro atoms. The summed E-state index contributed by atoms with van der Waals surface area (Å²) in [7, 11) is 0. The van der Waals surface area contributed by atoms with Crippen LogP contribution < -0.4 is 5.32 Å². The van der Waals surface area contributed by atoms with Gasteiger partial charge in [-0.15, -0.1) is 0 Å². The highest BCUT2D eigenvalue weighted by Crippen LogP contribution is 2.17. The van der Waals surface area contributed by atoms with E-state index >= 15 is 0 Å². The Morgan fingerprint density at radius 2 is 2.23 bits per heavy atom. The number of anilines is 1. The monoisotopic (exact) mass is 201 g/mol. The van der Waals surface area contributed by atoms with Crippen molar-refractivity contribution in [3.8, 4) is 0 Å². The number of hydrogen-bond donors (Lipinski definition) is 1. The van der Waals surface area contributed by atoms with Gasteiger partial charge in [-0.05, 0) is 18.2 Å². The summed E-state index contributed by atoms with van der Waals surface area (Å²) in [5.74, 6) is -0.624. The van der Waals surface area contributed by atoms with Gasteiger partial charge in [0.2, 0.25) is 5.91 Å². The molecule has 0 bridgehead atoms. The van der Waals surface area contributed by atoms with E-state index in [-0.39, 0.29) is 10.9 Å². The molecule has 1 aromatic carbocycles. The standard InChI is InChI=1S/C9H9ClFNO/c1-2-9(13)12-8-4-6(10)3-7(11)5-8/h3-5H,2H2,1H3,(H,12,13). The first-order chi connectivity index (χ1) is 6.11. The second-order valence-corrected chi connectivity index (χ2v) is 3.00. The quantitative estimate of drug-likeness (QED) is 0.783. The number of nitrogens with one attached hydrogen (secondary N) is 1. The van der Waals surface area contributed by atoms with Gasteiger partial charge in [0.1, 0.15) is 5.82 Å². The molecule has 1 amide bonds. The highest BCUT2D eigenvalue weighted by molar-refractivity contribution is 6.30. The lowest BCUT2D eigenvalue weighted by Crippen LogP contribution is -2.09. The molecule has 0 aliphatic carbocycles. The Morgan fingerprint density at radius 3 is 2.77 bits per heavy atom. The molecule has 0 aliphatic rings. The molecule has 70 valence electrons. The normalized spacial score (nSPS) is 9.77. The van der Waals surface area contributed by atoms with Crippen LogP contribution in [0.2, 0.25) is 5.02 Å². The fourth-order valence-electron chi connectivity index (χ4n) is 0.875. The van der Waals surface area contributed by atoms with E-state index in [0.29, 0.717) is 12.1 Å². The number of carbonyl (C=O) groups excluding carboxylic acids is 1. The zero-order chi connectivity index (χ0) is 9.84. The zero-order valence-electron chi connectivity index (χ0n) is 7.10. The third kappa shape index (κ3) is 3.03. The number of hydrogen-bond acceptors (Lipinski definition) is 1. The van der Waals surface area contributed by atoms with Gasteiger partial charge in [-0.2, -0.15) is 0 Å². The smallest absolute Gasteiger partial charge is 0.224 e. The van der Waals surface area contributed by atoms with Gasteiger partial charge in [-0.25, -0.2) is 4.39 Å². The molecule has 0 fully saturated rings. The number of rotatable bonds is 2. The molecule has 13 heavy (non-hydrogen) atoms. The van der Waals surface area contributed by atoms with E-state index in [4.69, 9.17) is 11.6 Å². The molecule has 1 N–H and O–H groups in total. The van der Waals surface area contributed by atoms with Gasteiger partial charge >= 0.3 is 0 Å². The summed E-state index contributed by atoms with van der Waals surface area (Å²) >= 11 is 5.59. The van der Waals surface area contributed by atoms with Crippen LogP contribution in [0.3, 0.4) is 0 Å².